The maximum absolute atomic E-state index is 10.4. The Morgan fingerprint density at radius 2 is 1.64 bits per heavy atom. The third kappa shape index (κ3) is 2.77. The number of fused-ring (bicyclic) bond motifs is 1. The van der Waals surface area contributed by atoms with Gasteiger partial charge in [0.2, 0.25) is 0 Å². The number of hydrogen-bond acceptors (Lipinski definition) is 2. The lowest BCUT2D eigenvalue weighted by atomic mass is 9.88. The zero-order chi connectivity index (χ0) is 16.3. The molecule has 0 aliphatic carbocycles. The first kappa shape index (κ1) is 15.9. The van der Waals surface area contributed by atoms with Crippen molar-refractivity contribution in [3.05, 3.63) is 71.0 Å². The average molecular weight is 294 g/mol. The van der Waals surface area contributed by atoms with Crippen molar-refractivity contribution < 1.29 is 10.2 Å². The number of benzene rings is 2. The highest BCUT2D eigenvalue weighted by Gasteiger charge is 2.18. The number of hydrogen-bond donors (Lipinski definition) is 2. The van der Waals surface area contributed by atoms with Crippen LogP contribution in [0.4, 0.5) is 0 Å². The predicted molar refractivity (Wildman–Crippen MR) is 94.0 cm³/mol. The largest absolute Gasteiger partial charge is 0.512 e. The van der Waals surface area contributed by atoms with E-state index in [1.807, 2.05) is 63.3 Å². The number of aliphatic hydroxyl groups is 1. The van der Waals surface area contributed by atoms with Crippen molar-refractivity contribution in [2.24, 2.45) is 0 Å². The van der Waals surface area contributed by atoms with Gasteiger partial charge in [-0.2, -0.15) is 0 Å². The topological polar surface area (TPSA) is 40.5 Å². The number of phenolic OH excluding ortho intramolecular Hbond substituents is 1. The summed E-state index contributed by atoms with van der Waals surface area (Å²) in [4.78, 5) is 0. The van der Waals surface area contributed by atoms with Gasteiger partial charge in [-0.05, 0) is 55.7 Å². The molecule has 0 radical (unpaired) electrons. The van der Waals surface area contributed by atoms with E-state index in [2.05, 4.69) is 0 Å². The third-order valence-electron chi connectivity index (χ3n) is 3.93. The maximum Gasteiger partial charge on any atom is 0.124 e. The standard InChI is InChI=1S/C20H22O2/c1-5-13(3)16(6-2)19(14(4)21)20-17-10-8-7-9-15(17)11-12-18(20)22/h5-12,21-22H,1-4H3/b13-5-,16-6+,19-14-. The third-order valence-corrected chi connectivity index (χ3v) is 3.93. The number of phenols is 1. The van der Waals surface area contributed by atoms with Crippen molar-refractivity contribution in [3.8, 4) is 5.75 Å². The van der Waals surface area contributed by atoms with Gasteiger partial charge in [0.05, 0.1) is 5.76 Å². The normalized spacial score (nSPS) is 14.2. The van der Waals surface area contributed by atoms with E-state index in [0.717, 1.165) is 21.9 Å². The van der Waals surface area contributed by atoms with Crippen molar-refractivity contribution in [3.63, 3.8) is 0 Å². The van der Waals surface area contributed by atoms with E-state index in [4.69, 9.17) is 0 Å². The van der Waals surface area contributed by atoms with E-state index in [1.165, 1.54) is 0 Å². The molecule has 2 nitrogen and oxygen atoms in total. The lowest BCUT2D eigenvalue weighted by molar-refractivity contribution is 0.416. The molecule has 2 aromatic rings. The predicted octanol–water partition coefficient (Wildman–Crippen LogP) is 5.75. The van der Waals surface area contributed by atoms with Gasteiger partial charge in [0.1, 0.15) is 5.75 Å². The van der Waals surface area contributed by atoms with E-state index in [0.29, 0.717) is 11.1 Å². The molecule has 0 saturated heterocycles. The molecule has 0 heterocycles. The van der Waals surface area contributed by atoms with Crippen LogP contribution >= 0.6 is 0 Å². The van der Waals surface area contributed by atoms with Crippen LogP contribution < -0.4 is 0 Å². The Hall–Kier alpha value is -2.48. The molecule has 0 spiro atoms. The second-order valence-corrected chi connectivity index (χ2v) is 5.32. The van der Waals surface area contributed by atoms with Gasteiger partial charge in [-0.3, -0.25) is 0 Å². The number of aliphatic hydroxyl groups excluding tert-OH is 1. The van der Waals surface area contributed by atoms with Crippen molar-refractivity contribution >= 4 is 16.3 Å². The lowest BCUT2D eigenvalue weighted by Gasteiger charge is -2.17. The SMILES string of the molecule is C\C=C(C)/C(=C\C)C(=C(\C)O)/c1c(O)ccc2ccccc12. The summed E-state index contributed by atoms with van der Waals surface area (Å²) in [7, 11) is 0. The Balaban J connectivity index is 2.87. The summed E-state index contributed by atoms with van der Waals surface area (Å²) in [6.45, 7) is 7.56. The summed E-state index contributed by atoms with van der Waals surface area (Å²) in [5.74, 6) is 0.367. The molecule has 0 aliphatic heterocycles. The molecule has 22 heavy (non-hydrogen) atoms. The van der Waals surface area contributed by atoms with Gasteiger partial charge >= 0.3 is 0 Å². The summed E-state index contributed by atoms with van der Waals surface area (Å²) in [6.07, 6.45) is 3.96. The Kier molecular flexibility index (Phi) is 4.71. The molecule has 0 bridgehead atoms. The Morgan fingerprint density at radius 1 is 0.955 bits per heavy atom. The van der Waals surface area contributed by atoms with Gasteiger partial charge in [-0.1, -0.05) is 42.5 Å². The van der Waals surface area contributed by atoms with Gasteiger partial charge < -0.3 is 10.2 Å². The molecule has 2 rings (SSSR count). The molecule has 114 valence electrons. The van der Waals surface area contributed by atoms with Gasteiger partial charge in [0.25, 0.3) is 0 Å². The molecule has 0 saturated carbocycles. The van der Waals surface area contributed by atoms with E-state index in [9.17, 15) is 10.2 Å². The average Bonchev–Trinajstić information content (AvgIpc) is 2.52. The minimum absolute atomic E-state index is 0.172. The fourth-order valence-electron chi connectivity index (χ4n) is 2.76. The number of allylic oxidation sites excluding steroid dienone is 6. The van der Waals surface area contributed by atoms with Gasteiger partial charge in [0.15, 0.2) is 0 Å². The second kappa shape index (κ2) is 6.52. The van der Waals surface area contributed by atoms with Gasteiger partial charge in [-0.15, -0.1) is 0 Å². The Bertz CT molecular complexity index is 788. The van der Waals surface area contributed by atoms with Crippen molar-refractivity contribution in [1.29, 1.82) is 0 Å². The fourth-order valence-corrected chi connectivity index (χ4v) is 2.76. The van der Waals surface area contributed by atoms with Crippen LogP contribution in [-0.2, 0) is 0 Å². The summed E-state index contributed by atoms with van der Waals surface area (Å²) >= 11 is 0. The Morgan fingerprint density at radius 3 is 2.23 bits per heavy atom. The minimum atomic E-state index is 0.172. The zero-order valence-electron chi connectivity index (χ0n) is 13.5. The van der Waals surface area contributed by atoms with Crippen LogP contribution in [0.25, 0.3) is 16.3 Å². The molecule has 0 fully saturated rings. The smallest absolute Gasteiger partial charge is 0.124 e. The van der Waals surface area contributed by atoms with Gasteiger partial charge in [0, 0.05) is 11.1 Å². The molecule has 0 aliphatic rings. The quantitative estimate of drug-likeness (QED) is 0.559. The molecular formula is C20H22O2. The molecule has 2 N–H and O–H groups in total. The molecule has 0 atom stereocenters. The first-order valence-electron chi connectivity index (χ1n) is 7.42. The van der Waals surface area contributed by atoms with Crippen LogP contribution in [0.15, 0.2) is 65.5 Å². The first-order valence-corrected chi connectivity index (χ1v) is 7.42. The lowest BCUT2D eigenvalue weighted by Crippen LogP contribution is -1.98. The zero-order valence-corrected chi connectivity index (χ0v) is 13.5. The highest BCUT2D eigenvalue weighted by molar-refractivity contribution is 6.01. The van der Waals surface area contributed by atoms with Crippen LogP contribution in [0, 0.1) is 0 Å². The van der Waals surface area contributed by atoms with Crippen LogP contribution in [-0.4, -0.2) is 10.2 Å². The number of rotatable bonds is 3. The van der Waals surface area contributed by atoms with Crippen molar-refractivity contribution in [1.82, 2.24) is 0 Å². The number of aromatic hydroxyl groups is 1. The van der Waals surface area contributed by atoms with Crippen LogP contribution in [0.1, 0.15) is 33.3 Å². The van der Waals surface area contributed by atoms with Crippen LogP contribution in [0.2, 0.25) is 0 Å². The van der Waals surface area contributed by atoms with Gasteiger partial charge in [-0.25, -0.2) is 0 Å². The molecule has 0 amide bonds. The van der Waals surface area contributed by atoms with E-state index < -0.39 is 0 Å². The summed E-state index contributed by atoms with van der Waals surface area (Å²) < 4.78 is 0. The summed E-state index contributed by atoms with van der Waals surface area (Å²) in [5.41, 5.74) is 3.33. The molecular weight excluding hydrogens is 272 g/mol. The molecule has 2 heteroatoms. The molecule has 2 aromatic carbocycles. The van der Waals surface area contributed by atoms with Crippen molar-refractivity contribution in [2.45, 2.75) is 27.7 Å². The van der Waals surface area contributed by atoms with E-state index in [1.54, 1.807) is 13.0 Å². The van der Waals surface area contributed by atoms with Crippen LogP contribution in [0.3, 0.4) is 0 Å². The monoisotopic (exact) mass is 294 g/mol. The summed E-state index contributed by atoms with van der Waals surface area (Å²) in [5, 5.41) is 22.7. The van der Waals surface area contributed by atoms with Crippen LogP contribution in [0.5, 0.6) is 5.75 Å². The Labute approximate surface area is 131 Å². The molecule has 0 unspecified atom stereocenters. The second-order valence-electron chi connectivity index (χ2n) is 5.32. The minimum Gasteiger partial charge on any atom is -0.512 e. The van der Waals surface area contributed by atoms with Crippen molar-refractivity contribution in [2.75, 3.05) is 0 Å². The first-order chi connectivity index (χ1) is 10.5. The van der Waals surface area contributed by atoms with E-state index >= 15 is 0 Å². The highest BCUT2D eigenvalue weighted by Crippen LogP contribution is 2.40. The molecule has 0 aromatic heterocycles. The fraction of sp³-hybridized carbons (Fsp3) is 0.200. The maximum atomic E-state index is 10.4. The highest BCUT2D eigenvalue weighted by atomic mass is 16.3. The van der Waals surface area contributed by atoms with E-state index in [-0.39, 0.29) is 11.5 Å². The summed E-state index contributed by atoms with van der Waals surface area (Å²) in [6, 6.07) is 11.4.